The summed E-state index contributed by atoms with van der Waals surface area (Å²) in [6.45, 7) is 2.32. The first-order chi connectivity index (χ1) is 32.2. The Hall–Kier alpha value is -7.42. The topological polar surface area (TPSA) is 24.7 Å². The van der Waals surface area contributed by atoms with Crippen LogP contribution in [0.25, 0.3) is 55.3 Å². The summed E-state index contributed by atoms with van der Waals surface area (Å²) >= 11 is 0. The highest BCUT2D eigenvalue weighted by molar-refractivity contribution is 6.16. The highest BCUT2D eigenvalue weighted by atomic mass is 15.0. The summed E-state index contributed by atoms with van der Waals surface area (Å²) < 4.78 is 0. The Morgan fingerprint density at radius 3 is 1.83 bits per heavy atom. The van der Waals surface area contributed by atoms with Gasteiger partial charge < -0.3 is 0 Å². The van der Waals surface area contributed by atoms with E-state index in [2.05, 4.69) is 201 Å². The van der Waals surface area contributed by atoms with E-state index in [1.807, 2.05) is 0 Å². The predicted octanol–water partition coefficient (Wildman–Crippen LogP) is 15.4. The smallest absolute Gasteiger partial charge is 0.155 e. The van der Waals surface area contributed by atoms with Crippen LogP contribution in [0.2, 0.25) is 0 Å². The Morgan fingerprint density at radius 2 is 1.05 bits per heavy atom. The van der Waals surface area contributed by atoms with Crippen LogP contribution in [0.3, 0.4) is 0 Å². The molecule has 0 radical (unpaired) electrons. The summed E-state index contributed by atoms with van der Waals surface area (Å²) in [6.07, 6.45) is 4.75. The van der Waals surface area contributed by atoms with Gasteiger partial charge in [0.1, 0.15) is 0 Å². The fourth-order valence-electron chi connectivity index (χ4n) is 11.9. The Bertz CT molecular complexity index is 3430. The minimum Gasteiger partial charge on any atom is -0.257 e. The molecule has 1 aliphatic heterocycles. The third-order valence-electron chi connectivity index (χ3n) is 15.0. The number of rotatable bonds is 6. The van der Waals surface area contributed by atoms with E-state index in [4.69, 9.17) is 9.98 Å². The van der Waals surface area contributed by atoms with Crippen molar-refractivity contribution in [1.82, 2.24) is 0 Å². The van der Waals surface area contributed by atoms with Crippen molar-refractivity contribution < 1.29 is 0 Å². The molecule has 0 saturated carbocycles. The van der Waals surface area contributed by atoms with E-state index in [0.29, 0.717) is 0 Å². The summed E-state index contributed by atoms with van der Waals surface area (Å²) in [4.78, 5) is 11.7. The molecule has 2 nitrogen and oxygen atoms in total. The summed E-state index contributed by atoms with van der Waals surface area (Å²) in [5.41, 5.74) is 25.0. The molecular weight excluding hydrogens is 785 g/mol. The van der Waals surface area contributed by atoms with Gasteiger partial charge in [0, 0.05) is 17.4 Å². The van der Waals surface area contributed by atoms with Gasteiger partial charge in [0.15, 0.2) is 5.84 Å². The van der Waals surface area contributed by atoms with Gasteiger partial charge in [-0.2, -0.15) is 0 Å². The van der Waals surface area contributed by atoms with Crippen LogP contribution in [0.1, 0.15) is 87.4 Å². The maximum atomic E-state index is 5.94. The first-order valence-electron chi connectivity index (χ1n) is 23.6. The molecule has 4 aliphatic rings. The zero-order valence-electron chi connectivity index (χ0n) is 36.6. The van der Waals surface area contributed by atoms with Crippen molar-refractivity contribution in [1.29, 1.82) is 0 Å². The van der Waals surface area contributed by atoms with E-state index in [-0.39, 0.29) is 17.9 Å². The van der Waals surface area contributed by atoms with Crippen LogP contribution in [0.15, 0.2) is 204 Å². The second-order valence-corrected chi connectivity index (χ2v) is 18.5. The third kappa shape index (κ3) is 6.30. The molecule has 0 amide bonds. The maximum absolute atomic E-state index is 5.94. The van der Waals surface area contributed by atoms with E-state index in [9.17, 15) is 0 Å². The van der Waals surface area contributed by atoms with Crippen molar-refractivity contribution in [2.75, 3.05) is 0 Å². The first-order valence-corrected chi connectivity index (χ1v) is 23.6. The van der Waals surface area contributed by atoms with Gasteiger partial charge in [0.2, 0.25) is 0 Å². The van der Waals surface area contributed by atoms with Gasteiger partial charge >= 0.3 is 0 Å². The second-order valence-electron chi connectivity index (χ2n) is 18.5. The van der Waals surface area contributed by atoms with Gasteiger partial charge in [-0.05, 0) is 150 Å². The lowest BCUT2D eigenvalue weighted by molar-refractivity contribution is 0.530. The molecule has 0 spiro atoms. The van der Waals surface area contributed by atoms with Crippen molar-refractivity contribution in [2.45, 2.75) is 51.0 Å². The van der Waals surface area contributed by atoms with Gasteiger partial charge in [-0.3, -0.25) is 4.99 Å². The van der Waals surface area contributed by atoms with Crippen LogP contribution in [-0.2, 0) is 19.3 Å². The molecule has 0 N–H and O–H groups in total. The normalized spacial score (nSPS) is 17.8. The molecular formula is C63H48N2. The molecule has 3 atom stereocenters. The zero-order valence-corrected chi connectivity index (χ0v) is 36.6. The number of benzene rings is 9. The highest BCUT2D eigenvalue weighted by Gasteiger charge is 2.37. The third-order valence-corrected chi connectivity index (χ3v) is 15.0. The molecule has 9 aromatic rings. The van der Waals surface area contributed by atoms with E-state index >= 15 is 0 Å². The number of aryl methyl sites for hydroxylation is 1. The minimum absolute atomic E-state index is 0.0918. The predicted molar refractivity (Wildman–Crippen MR) is 270 cm³/mol. The Morgan fingerprint density at radius 1 is 0.446 bits per heavy atom. The van der Waals surface area contributed by atoms with Gasteiger partial charge in [-0.25, -0.2) is 4.99 Å². The zero-order chi connectivity index (χ0) is 43.0. The Labute approximate surface area is 381 Å². The lowest BCUT2D eigenvalue weighted by Gasteiger charge is -2.32. The van der Waals surface area contributed by atoms with Crippen molar-refractivity contribution >= 4 is 22.3 Å². The lowest BCUT2D eigenvalue weighted by Crippen LogP contribution is -2.29. The van der Waals surface area contributed by atoms with Crippen LogP contribution in [-0.4, -0.2) is 11.5 Å². The molecule has 0 fully saturated rings. The number of aliphatic imine (C=N–C) groups is 2. The lowest BCUT2D eigenvalue weighted by atomic mass is 9.80. The van der Waals surface area contributed by atoms with Gasteiger partial charge in [0.25, 0.3) is 0 Å². The van der Waals surface area contributed by atoms with Crippen molar-refractivity contribution in [3.63, 3.8) is 0 Å². The molecule has 2 heteroatoms. The molecule has 3 aliphatic carbocycles. The van der Waals surface area contributed by atoms with Crippen LogP contribution in [0.4, 0.5) is 0 Å². The quantitative estimate of drug-likeness (QED) is 0.159. The minimum atomic E-state index is -0.0918. The number of hydrogen-bond donors (Lipinski definition) is 0. The monoisotopic (exact) mass is 832 g/mol. The highest BCUT2D eigenvalue weighted by Crippen LogP contribution is 2.49. The van der Waals surface area contributed by atoms with Crippen LogP contribution < -0.4 is 0 Å². The average molecular weight is 833 g/mol. The van der Waals surface area contributed by atoms with Gasteiger partial charge in [0.05, 0.1) is 11.8 Å². The van der Waals surface area contributed by atoms with Crippen LogP contribution in [0, 0.1) is 5.92 Å². The molecule has 0 saturated heterocycles. The van der Waals surface area contributed by atoms with E-state index in [1.54, 1.807) is 0 Å². The van der Waals surface area contributed by atoms with E-state index < -0.39 is 0 Å². The van der Waals surface area contributed by atoms with Crippen molar-refractivity contribution in [3.05, 3.63) is 250 Å². The molecule has 65 heavy (non-hydrogen) atoms. The Balaban J connectivity index is 1.01. The van der Waals surface area contributed by atoms with E-state index in [0.717, 1.165) is 43.7 Å². The second kappa shape index (κ2) is 15.4. The number of hydrogen-bond acceptors (Lipinski definition) is 2. The van der Waals surface area contributed by atoms with Crippen molar-refractivity contribution in [3.8, 4) is 44.5 Å². The summed E-state index contributed by atoms with van der Waals surface area (Å²) in [6, 6.07) is 72.6. The van der Waals surface area contributed by atoms with Crippen LogP contribution in [0.5, 0.6) is 0 Å². The fourth-order valence-corrected chi connectivity index (χ4v) is 11.9. The molecule has 9 aromatic carbocycles. The van der Waals surface area contributed by atoms with Gasteiger partial charge in [-0.15, -0.1) is 0 Å². The van der Waals surface area contributed by atoms with Gasteiger partial charge in [-0.1, -0.05) is 189 Å². The molecule has 310 valence electrons. The number of fused-ring (bicyclic) bond motifs is 10. The Kier molecular flexibility index (Phi) is 9.01. The fraction of sp³-hybridized carbons (Fsp3) is 0.143. The van der Waals surface area contributed by atoms with Crippen LogP contribution >= 0.6 is 0 Å². The first kappa shape index (κ1) is 38.1. The standard InChI is InChI=1S/C63H48N2/c1-2-48-61(41-29-27-40(28-30-41)39-15-4-3-5-16-39)64-63(65-62(48)55-26-14-25-53-49-21-10-8-19-44(49)35-58(53)55)60-38-47(37-57-50-22-11-9-20-45(50)36-59(57)60)51-32-31-46-33-42-17-6-7-18-43(42)34-56(46)54-24-13-12-23-52(51)54/h3-30,33-34,37-38,48,51,62H,2,31-32,35-36H2,1H3. The summed E-state index contributed by atoms with van der Waals surface area (Å²) in [5.74, 6) is 1.16. The van der Waals surface area contributed by atoms with E-state index in [1.165, 1.54) is 111 Å². The molecule has 3 unspecified atom stereocenters. The largest absolute Gasteiger partial charge is 0.257 e. The molecule has 0 aromatic heterocycles. The molecule has 1 heterocycles. The molecule has 0 bridgehead atoms. The summed E-state index contributed by atoms with van der Waals surface area (Å²) in [5, 5.41) is 2.60. The molecule has 13 rings (SSSR count). The average Bonchev–Trinajstić information content (AvgIpc) is 3.90. The SMILES string of the molecule is CCC1C(c2ccc(-c3ccccc3)cc2)=NC(c2cc(C3CCc4cc5ccccc5cc4-c4ccccc43)cc3c2Cc2ccccc2-3)=NC1c1cccc2c1Cc1ccccc1-2. The number of nitrogens with zero attached hydrogens (tertiary/aromatic N) is 2. The summed E-state index contributed by atoms with van der Waals surface area (Å²) in [7, 11) is 0. The number of amidine groups is 1. The maximum Gasteiger partial charge on any atom is 0.155 e. The van der Waals surface area contributed by atoms with Crippen molar-refractivity contribution in [2.24, 2.45) is 15.9 Å².